The van der Waals surface area contributed by atoms with Crippen molar-refractivity contribution >= 4 is 65.2 Å². The first-order valence-corrected chi connectivity index (χ1v) is 18.1. The molecule has 1 aromatic rings. The molecule has 0 aliphatic heterocycles. The molecule has 0 unspecified atom stereocenters. The summed E-state index contributed by atoms with van der Waals surface area (Å²) in [6, 6.07) is -1.15. The highest BCUT2D eigenvalue weighted by atomic mass is 16.4. The molecule has 1 rings (SSSR count). The predicted octanol–water partition coefficient (Wildman–Crippen LogP) is -3.89. The Hall–Kier alpha value is -6.65. The summed E-state index contributed by atoms with van der Waals surface area (Å²) in [6.45, 7) is 7.32. The van der Waals surface area contributed by atoms with E-state index in [1.54, 1.807) is 30.3 Å². The van der Waals surface area contributed by atoms with Crippen molar-refractivity contribution in [2.75, 3.05) is 0 Å². The fraction of sp³-hybridized carbons (Fsp3) is 0.528. The standard InChI is InChI=1S/C36H53N9O14/c1-17(40-29(53)22(15-25(47)48)43-31(55)23(16-26(49)50)44-33(57)35(3,4)38)27(51)39-18(2)28(52)42-21(14-19-10-8-7-9-11-19)30(54)41-20(12-13-24(37)46)32(56)45-36(5,6)34(58)59/h7-11,17-18,20-23H,12-16,38H2,1-6H3,(H2,37,46)(H,39,51)(H,40,53)(H,41,54)(H,42,52)(H,43,55)(H,44,57)(H,45,56)(H,47,48)(H,49,50)(H,58,59)/t17-,18-,20-,21-,22-,23-/m0/s1. The highest BCUT2D eigenvalue weighted by molar-refractivity contribution is 5.99. The molecule has 14 N–H and O–H groups in total. The Labute approximate surface area is 338 Å². The average molecular weight is 836 g/mol. The molecular formula is C36H53N9O14. The molecule has 326 valence electrons. The zero-order chi connectivity index (χ0) is 45.4. The third kappa shape index (κ3) is 18.0. The number of aliphatic carboxylic acids is 3. The van der Waals surface area contributed by atoms with E-state index in [1.807, 2.05) is 0 Å². The van der Waals surface area contributed by atoms with E-state index in [2.05, 4.69) is 37.2 Å². The molecule has 0 spiro atoms. The number of hydrogen-bond donors (Lipinski definition) is 12. The smallest absolute Gasteiger partial charge is 0.328 e. The van der Waals surface area contributed by atoms with Crippen molar-refractivity contribution < 1.29 is 68.1 Å². The van der Waals surface area contributed by atoms with Crippen LogP contribution >= 0.6 is 0 Å². The molecule has 0 heterocycles. The molecule has 0 radical (unpaired) electrons. The van der Waals surface area contributed by atoms with Gasteiger partial charge in [-0.1, -0.05) is 30.3 Å². The number of nitrogens with two attached hydrogens (primary N) is 2. The SMILES string of the molecule is C[C@H](NC(=O)[C@H](C)NC(=O)[C@H](CC(=O)O)NC(=O)[C@H](CC(=O)O)NC(=O)C(C)(C)N)C(=O)N[C@@H](Cc1ccccc1)C(=O)N[C@@H](CCC(N)=O)C(=O)NC(C)(C)C(=O)O. The van der Waals surface area contributed by atoms with Crippen LogP contribution in [-0.4, -0.2) is 128 Å². The normalized spacial score (nSPS) is 14.3. The van der Waals surface area contributed by atoms with Crippen LogP contribution in [0.15, 0.2) is 30.3 Å². The fourth-order valence-corrected chi connectivity index (χ4v) is 4.80. The maximum Gasteiger partial charge on any atom is 0.328 e. The second-order valence-corrected chi connectivity index (χ2v) is 14.7. The van der Waals surface area contributed by atoms with Gasteiger partial charge in [-0.05, 0) is 53.5 Å². The van der Waals surface area contributed by atoms with Gasteiger partial charge in [0.2, 0.25) is 47.3 Å². The lowest BCUT2D eigenvalue weighted by Crippen LogP contribution is -2.60. The van der Waals surface area contributed by atoms with Gasteiger partial charge < -0.3 is 64.0 Å². The van der Waals surface area contributed by atoms with Gasteiger partial charge in [0.25, 0.3) is 0 Å². The Bertz CT molecular complexity index is 1760. The summed E-state index contributed by atoms with van der Waals surface area (Å²) in [4.78, 5) is 138. The second-order valence-electron chi connectivity index (χ2n) is 14.7. The number of carboxylic acids is 3. The summed E-state index contributed by atoms with van der Waals surface area (Å²) in [5.41, 5.74) is 8.16. The number of carbonyl (C=O) groups excluding carboxylic acids is 8. The molecule has 1 aromatic carbocycles. The van der Waals surface area contributed by atoms with Crippen LogP contribution in [0.5, 0.6) is 0 Å². The van der Waals surface area contributed by atoms with Gasteiger partial charge >= 0.3 is 17.9 Å². The van der Waals surface area contributed by atoms with E-state index in [-0.39, 0.29) is 19.3 Å². The number of carbonyl (C=O) groups is 11. The van der Waals surface area contributed by atoms with E-state index in [0.717, 1.165) is 6.92 Å². The van der Waals surface area contributed by atoms with Gasteiger partial charge in [0.05, 0.1) is 18.4 Å². The van der Waals surface area contributed by atoms with Gasteiger partial charge in [0.1, 0.15) is 41.8 Å². The minimum Gasteiger partial charge on any atom is -0.481 e. The number of carboxylic acid groups (broad SMARTS) is 3. The Morgan fingerprint density at radius 3 is 1.49 bits per heavy atom. The minimum atomic E-state index is -1.88. The summed E-state index contributed by atoms with van der Waals surface area (Å²) in [5, 5.41) is 43.9. The van der Waals surface area contributed by atoms with E-state index in [1.165, 1.54) is 34.6 Å². The summed E-state index contributed by atoms with van der Waals surface area (Å²) >= 11 is 0. The number of rotatable bonds is 24. The highest BCUT2D eigenvalue weighted by Crippen LogP contribution is 2.09. The van der Waals surface area contributed by atoms with Gasteiger partial charge in [-0.3, -0.25) is 47.9 Å². The molecule has 8 amide bonds. The van der Waals surface area contributed by atoms with Crippen LogP contribution in [0.1, 0.15) is 72.8 Å². The lowest BCUT2D eigenvalue weighted by Gasteiger charge is -2.27. The fourth-order valence-electron chi connectivity index (χ4n) is 4.80. The molecule has 6 atom stereocenters. The van der Waals surface area contributed by atoms with Gasteiger partial charge in [-0.25, -0.2) is 4.79 Å². The van der Waals surface area contributed by atoms with Crippen molar-refractivity contribution in [1.82, 2.24) is 37.2 Å². The van der Waals surface area contributed by atoms with E-state index in [0.29, 0.717) is 5.56 Å². The molecule has 0 aliphatic carbocycles. The molecule has 0 saturated carbocycles. The van der Waals surface area contributed by atoms with Gasteiger partial charge in [-0.2, -0.15) is 0 Å². The summed E-state index contributed by atoms with van der Waals surface area (Å²) in [5.74, 6) is -12.5. The average Bonchev–Trinajstić information content (AvgIpc) is 3.11. The zero-order valence-corrected chi connectivity index (χ0v) is 33.4. The molecule has 0 bridgehead atoms. The van der Waals surface area contributed by atoms with Crippen LogP contribution in [0.4, 0.5) is 0 Å². The van der Waals surface area contributed by atoms with Gasteiger partial charge in [0.15, 0.2) is 0 Å². The van der Waals surface area contributed by atoms with Crippen LogP contribution in [0.3, 0.4) is 0 Å². The first-order chi connectivity index (χ1) is 27.1. The molecule has 0 aromatic heterocycles. The number of nitrogens with one attached hydrogen (secondary N) is 7. The largest absolute Gasteiger partial charge is 0.481 e. The number of benzene rings is 1. The maximum atomic E-state index is 13.6. The third-order valence-electron chi connectivity index (χ3n) is 8.30. The molecule has 0 fully saturated rings. The van der Waals surface area contributed by atoms with Crippen molar-refractivity contribution in [2.45, 2.75) is 121 Å². The van der Waals surface area contributed by atoms with Crippen molar-refractivity contribution in [3.8, 4) is 0 Å². The van der Waals surface area contributed by atoms with Crippen molar-refractivity contribution in [3.05, 3.63) is 35.9 Å². The zero-order valence-electron chi connectivity index (χ0n) is 33.4. The topological polar surface area (TPSA) is 385 Å². The molecular weight excluding hydrogens is 782 g/mol. The highest BCUT2D eigenvalue weighted by Gasteiger charge is 2.36. The van der Waals surface area contributed by atoms with Gasteiger partial charge in [-0.15, -0.1) is 0 Å². The molecule has 59 heavy (non-hydrogen) atoms. The third-order valence-corrected chi connectivity index (χ3v) is 8.30. The van der Waals surface area contributed by atoms with Crippen molar-refractivity contribution in [2.24, 2.45) is 11.5 Å². The summed E-state index contributed by atoms with van der Waals surface area (Å²) in [6.07, 6.45) is -2.84. The first-order valence-electron chi connectivity index (χ1n) is 18.1. The summed E-state index contributed by atoms with van der Waals surface area (Å²) in [7, 11) is 0. The molecule has 23 heteroatoms. The van der Waals surface area contributed by atoms with E-state index < -0.39 is 125 Å². The van der Waals surface area contributed by atoms with Crippen LogP contribution in [0.2, 0.25) is 0 Å². The molecule has 23 nitrogen and oxygen atoms in total. The van der Waals surface area contributed by atoms with Crippen LogP contribution < -0.4 is 48.7 Å². The van der Waals surface area contributed by atoms with Crippen molar-refractivity contribution in [3.63, 3.8) is 0 Å². The van der Waals surface area contributed by atoms with Crippen LogP contribution in [0, 0.1) is 0 Å². The summed E-state index contributed by atoms with van der Waals surface area (Å²) < 4.78 is 0. The molecule has 0 saturated heterocycles. The lowest BCUT2D eigenvalue weighted by atomic mass is 10.0. The first kappa shape index (κ1) is 50.4. The quantitative estimate of drug-likeness (QED) is 0.0474. The van der Waals surface area contributed by atoms with Crippen molar-refractivity contribution in [1.29, 1.82) is 0 Å². The lowest BCUT2D eigenvalue weighted by molar-refractivity contribution is -0.146. The Balaban J connectivity index is 3.18. The van der Waals surface area contributed by atoms with E-state index >= 15 is 0 Å². The van der Waals surface area contributed by atoms with Crippen LogP contribution in [0.25, 0.3) is 0 Å². The Kier molecular flexibility index (Phi) is 19.1. The number of amides is 8. The monoisotopic (exact) mass is 835 g/mol. The predicted molar refractivity (Wildman–Crippen MR) is 204 cm³/mol. The Morgan fingerprint density at radius 2 is 1.02 bits per heavy atom. The number of primary amides is 1. The maximum absolute atomic E-state index is 13.6. The second kappa shape index (κ2) is 22.3. The van der Waals surface area contributed by atoms with Gasteiger partial charge in [0, 0.05) is 12.8 Å². The Morgan fingerprint density at radius 1 is 0.593 bits per heavy atom. The van der Waals surface area contributed by atoms with Crippen LogP contribution in [-0.2, 0) is 59.2 Å². The minimum absolute atomic E-state index is 0.145. The molecule has 0 aliphatic rings. The number of hydrogen-bond acceptors (Lipinski definition) is 12. The van der Waals surface area contributed by atoms with E-state index in [9.17, 15) is 68.1 Å². The van der Waals surface area contributed by atoms with E-state index in [4.69, 9.17) is 11.5 Å².